The molecule has 0 unspecified atom stereocenters. The maximum absolute atomic E-state index is 12.6. The summed E-state index contributed by atoms with van der Waals surface area (Å²) in [6.07, 6.45) is 3.02. The van der Waals surface area contributed by atoms with Crippen LogP contribution in [0.15, 0.2) is 0 Å². The molecule has 0 radical (unpaired) electrons. The molecular weight excluding hydrogens is 304 g/mol. The summed E-state index contributed by atoms with van der Waals surface area (Å²) in [6, 6.07) is 4.28. The van der Waals surface area contributed by atoms with Crippen LogP contribution in [0.4, 0.5) is 0 Å². The third kappa shape index (κ3) is 5.53. The van der Waals surface area contributed by atoms with Gasteiger partial charge in [-0.25, -0.2) is 0 Å². The summed E-state index contributed by atoms with van der Waals surface area (Å²) in [5.74, 6) is -0.627. The van der Waals surface area contributed by atoms with Gasteiger partial charge in [-0.2, -0.15) is 10.5 Å². The zero-order chi connectivity index (χ0) is 18.3. The van der Waals surface area contributed by atoms with Crippen LogP contribution in [0.25, 0.3) is 0 Å². The Morgan fingerprint density at radius 3 is 1.67 bits per heavy atom. The first-order valence-corrected chi connectivity index (χ1v) is 8.59. The van der Waals surface area contributed by atoms with Gasteiger partial charge >= 0.3 is 0 Å². The average molecular weight is 332 g/mol. The van der Waals surface area contributed by atoms with Crippen molar-refractivity contribution in [3.05, 3.63) is 0 Å². The lowest BCUT2D eigenvalue weighted by molar-refractivity contribution is -0.140. The predicted molar refractivity (Wildman–Crippen MR) is 90.3 cm³/mol. The van der Waals surface area contributed by atoms with Crippen LogP contribution in [0.3, 0.4) is 0 Å². The zero-order valence-corrected chi connectivity index (χ0v) is 15.2. The zero-order valence-electron chi connectivity index (χ0n) is 15.2. The molecule has 4 atom stereocenters. The van der Waals surface area contributed by atoms with Gasteiger partial charge in [0.1, 0.15) is 0 Å². The second-order valence-electron chi connectivity index (χ2n) is 7.06. The number of rotatable bonds is 6. The van der Waals surface area contributed by atoms with Gasteiger partial charge in [0.15, 0.2) is 0 Å². The van der Waals surface area contributed by atoms with Crippen molar-refractivity contribution in [2.45, 2.75) is 39.5 Å². The molecule has 0 bridgehead atoms. The Labute approximate surface area is 145 Å². The molecule has 0 N–H and O–H groups in total. The van der Waals surface area contributed by atoms with E-state index in [0.29, 0.717) is 19.5 Å². The second kappa shape index (κ2) is 9.27. The summed E-state index contributed by atoms with van der Waals surface area (Å²) >= 11 is 0. The van der Waals surface area contributed by atoms with E-state index < -0.39 is 0 Å². The van der Waals surface area contributed by atoms with Gasteiger partial charge in [-0.1, -0.05) is 6.42 Å². The molecule has 1 fully saturated rings. The van der Waals surface area contributed by atoms with Crippen molar-refractivity contribution in [3.63, 3.8) is 0 Å². The minimum absolute atomic E-state index is 0.0302. The molecule has 0 aromatic heterocycles. The molecule has 1 aliphatic carbocycles. The fourth-order valence-electron chi connectivity index (χ4n) is 3.34. The van der Waals surface area contributed by atoms with Crippen molar-refractivity contribution in [1.82, 2.24) is 9.80 Å². The van der Waals surface area contributed by atoms with Crippen LogP contribution < -0.4 is 0 Å². The Morgan fingerprint density at radius 1 is 0.958 bits per heavy atom. The molecule has 0 spiro atoms. The van der Waals surface area contributed by atoms with E-state index in [-0.39, 0.29) is 35.5 Å². The van der Waals surface area contributed by atoms with Crippen LogP contribution >= 0.6 is 0 Å². The Morgan fingerprint density at radius 2 is 1.33 bits per heavy atom. The number of nitriles is 2. The van der Waals surface area contributed by atoms with E-state index in [0.717, 1.165) is 19.3 Å². The number of carbonyl (C=O) groups excluding carboxylic acids is 2. The molecule has 132 valence electrons. The van der Waals surface area contributed by atoms with Gasteiger partial charge in [0.05, 0.1) is 24.0 Å². The largest absolute Gasteiger partial charge is 0.344 e. The maximum atomic E-state index is 12.6. The fraction of sp³-hybridized carbons (Fsp3) is 0.778. The standard InChI is InChI=1S/C18H28N4O2/c1-13(9-19)11-21(3)17(23)15-6-5-7-16(8-15)18(24)22(4)12-14(2)10-20/h13-16H,5-8,11-12H2,1-4H3/t13-,14-,15-,16+/m1/s1. The maximum Gasteiger partial charge on any atom is 0.225 e. The first kappa shape index (κ1) is 20.0. The van der Waals surface area contributed by atoms with E-state index in [4.69, 9.17) is 10.5 Å². The molecule has 0 aliphatic heterocycles. The first-order chi connectivity index (χ1) is 11.3. The van der Waals surface area contributed by atoms with Crippen molar-refractivity contribution < 1.29 is 9.59 Å². The van der Waals surface area contributed by atoms with Crippen LogP contribution in [-0.4, -0.2) is 48.8 Å². The first-order valence-electron chi connectivity index (χ1n) is 8.59. The van der Waals surface area contributed by atoms with Gasteiger partial charge in [0, 0.05) is 39.0 Å². The topological polar surface area (TPSA) is 88.2 Å². The highest BCUT2D eigenvalue weighted by molar-refractivity contribution is 5.82. The van der Waals surface area contributed by atoms with E-state index >= 15 is 0 Å². The van der Waals surface area contributed by atoms with Crippen LogP contribution in [0.2, 0.25) is 0 Å². The summed E-state index contributed by atoms with van der Waals surface area (Å²) < 4.78 is 0. The van der Waals surface area contributed by atoms with E-state index in [1.807, 2.05) is 0 Å². The van der Waals surface area contributed by atoms with E-state index in [9.17, 15) is 9.59 Å². The minimum atomic E-state index is -0.196. The summed E-state index contributed by atoms with van der Waals surface area (Å²) in [6.45, 7) is 4.43. The normalized spacial score (nSPS) is 22.6. The molecule has 0 aromatic carbocycles. The molecule has 1 rings (SSSR count). The highest BCUT2D eigenvalue weighted by Crippen LogP contribution is 2.31. The van der Waals surface area contributed by atoms with Gasteiger partial charge in [0.25, 0.3) is 0 Å². The van der Waals surface area contributed by atoms with Crippen LogP contribution in [0.5, 0.6) is 0 Å². The Balaban J connectivity index is 2.63. The third-order valence-corrected chi connectivity index (χ3v) is 4.66. The van der Waals surface area contributed by atoms with Gasteiger partial charge in [0.2, 0.25) is 11.8 Å². The number of hydrogen-bond acceptors (Lipinski definition) is 4. The molecule has 0 heterocycles. The Hall–Kier alpha value is -2.08. The quantitative estimate of drug-likeness (QED) is 0.744. The highest BCUT2D eigenvalue weighted by Gasteiger charge is 2.34. The third-order valence-electron chi connectivity index (χ3n) is 4.66. The van der Waals surface area contributed by atoms with E-state index in [2.05, 4.69) is 12.1 Å². The van der Waals surface area contributed by atoms with Gasteiger partial charge < -0.3 is 9.80 Å². The monoisotopic (exact) mass is 332 g/mol. The molecule has 0 saturated heterocycles. The van der Waals surface area contributed by atoms with Crippen molar-refractivity contribution in [2.24, 2.45) is 23.7 Å². The average Bonchev–Trinajstić information content (AvgIpc) is 2.59. The van der Waals surface area contributed by atoms with Crippen molar-refractivity contribution in [3.8, 4) is 12.1 Å². The summed E-state index contributed by atoms with van der Waals surface area (Å²) in [5.41, 5.74) is 0. The van der Waals surface area contributed by atoms with Gasteiger partial charge in [-0.3, -0.25) is 9.59 Å². The van der Waals surface area contributed by atoms with Crippen molar-refractivity contribution in [2.75, 3.05) is 27.2 Å². The minimum Gasteiger partial charge on any atom is -0.344 e. The molecular formula is C18H28N4O2. The van der Waals surface area contributed by atoms with Crippen molar-refractivity contribution in [1.29, 1.82) is 10.5 Å². The number of carbonyl (C=O) groups is 2. The second-order valence-corrected chi connectivity index (χ2v) is 7.06. The van der Waals surface area contributed by atoms with E-state index in [1.54, 1.807) is 37.7 Å². The van der Waals surface area contributed by atoms with Crippen LogP contribution in [0.1, 0.15) is 39.5 Å². The van der Waals surface area contributed by atoms with Gasteiger partial charge in [-0.15, -0.1) is 0 Å². The van der Waals surface area contributed by atoms with Crippen LogP contribution in [0, 0.1) is 46.3 Å². The summed E-state index contributed by atoms with van der Waals surface area (Å²) in [5, 5.41) is 17.8. The Bertz CT molecular complexity index is 488. The molecule has 1 saturated carbocycles. The Kier molecular flexibility index (Phi) is 7.71. The SMILES string of the molecule is C[C@H](C#N)CN(C)C(=O)[C@@H]1CCC[C@H](C(=O)N(C)C[C@H](C)C#N)C1. The van der Waals surface area contributed by atoms with Crippen LogP contribution in [-0.2, 0) is 9.59 Å². The highest BCUT2D eigenvalue weighted by atomic mass is 16.2. The lowest BCUT2D eigenvalue weighted by atomic mass is 9.80. The molecule has 1 aliphatic rings. The molecule has 6 heteroatoms. The lowest BCUT2D eigenvalue weighted by Crippen LogP contribution is -2.42. The molecule has 6 nitrogen and oxygen atoms in total. The number of hydrogen-bond donors (Lipinski definition) is 0. The molecule has 24 heavy (non-hydrogen) atoms. The smallest absolute Gasteiger partial charge is 0.225 e. The summed E-state index contributed by atoms with van der Waals surface area (Å²) in [4.78, 5) is 28.4. The summed E-state index contributed by atoms with van der Waals surface area (Å²) in [7, 11) is 3.45. The number of amides is 2. The fourth-order valence-corrected chi connectivity index (χ4v) is 3.34. The molecule has 2 amide bonds. The number of nitrogens with zero attached hydrogens (tertiary/aromatic N) is 4. The van der Waals surface area contributed by atoms with Gasteiger partial charge in [-0.05, 0) is 33.1 Å². The lowest BCUT2D eigenvalue weighted by Gasteiger charge is -2.33. The van der Waals surface area contributed by atoms with Crippen molar-refractivity contribution >= 4 is 11.8 Å². The van der Waals surface area contributed by atoms with E-state index in [1.165, 1.54) is 0 Å². The molecule has 0 aromatic rings. The predicted octanol–water partition coefficient (Wildman–Crippen LogP) is 2.03.